The Hall–Kier alpha value is -5.08. The number of nitrogens with two attached hydrogens (primary N) is 1. The van der Waals surface area contributed by atoms with E-state index >= 15 is 0 Å². The van der Waals surface area contributed by atoms with Crippen molar-refractivity contribution in [3.05, 3.63) is 116 Å². The number of likely N-dealkylation sites (tertiary alicyclic amines) is 1. The van der Waals surface area contributed by atoms with Crippen molar-refractivity contribution in [2.45, 2.75) is 25.4 Å². The monoisotopic (exact) mass is 569 g/mol. The molecule has 0 unspecified atom stereocenters. The Labute approximate surface area is 251 Å². The van der Waals surface area contributed by atoms with Crippen LogP contribution in [0.25, 0.3) is 39.5 Å². The van der Waals surface area contributed by atoms with Crippen LogP contribution >= 0.6 is 0 Å². The van der Waals surface area contributed by atoms with E-state index in [9.17, 15) is 4.79 Å². The summed E-state index contributed by atoms with van der Waals surface area (Å²) in [6.07, 6.45) is 6.72. The number of imidazole rings is 1. The lowest BCUT2D eigenvalue weighted by Crippen LogP contribution is -2.46. The summed E-state index contributed by atoms with van der Waals surface area (Å²) in [7, 11) is 0. The molecule has 1 fully saturated rings. The normalized spacial score (nSPS) is 14.0. The van der Waals surface area contributed by atoms with Crippen molar-refractivity contribution >= 4 is 22.9 Å². The molecule has 43 heavy (non-hydrogen) atoms. The molecule has 1 amide bonds. The van der Waals surface area contributed by atoms with Crippen molar-refractivity contribution in [2.75, 3.05) is 25.4 Å². The molecule has 0 saturated carbocycles. The van der Waals surface area contributed by atoms with Crippen LogP contribution in [0.2, 0.25) is 0 Å². The molecule has 0 atom stereocenters. The molecule has 0 radical (unpaired) electrons. The van der Waals surface area contributed by atoms with Crippen LogP contribution in [-0.4, -0.2) is 60.9 Å². The van der Waals surface area contributed by atoms with Crippen molar-refractivity contribution in [1.82, 2.24) is 29.3 Å². The topological polar surface area (TPSA) is 93.2 Å². The minimum atomic E-state index is -0.0289. The van der Waals surface area contributed by atoms with Gasteiger partial charge in [-0.15, -0.1) is 6.58 Å². The Morgan fingerprint density at radius 2 is 1.72 bits per heavy atom. The maximum absolute atomic E-state index is 12.3. The summed E-state index contributed by atoms with van der Waals surface area (Å²) in [6.45, 7) is 10.7. The zero-order valence-corrected chi connectivity index (χ0v) is 24.1. The maximum atomic E-state index is 12.3. The predicted molar refractivity (Wildman–Crippen MR) is 172 cm³/mol. The second-order valence-electron chi connectivity index (χ2n) is 10.8. The summed E-state index contributed by atoms with van der Waals surface area (Å²) >= 11 is 0. The average Bonchev–Trinajstić information content (AvgIpc) is 3.43. The first kappa shape index (κ1) is 28.1. The summed E-state index contributed by atoms with van der Waals surface area (Å²) in [5, 5.41) is 0. The number of fused-ring (bicyclic) bond motifs is 1. The van der Waals surface area contributed by atoms with Crippen molar-refractivity contribution in [1.29, 1.82) is 0 Å². The van der Waals surface area contributed by atoms with Gasteiger partial charge in [0.25, 0.3) is 0 Å². The number of carbonyl (C=O) groups is 1. The molecule has 0 spiro atoms. The van der Waals surface area contributed by atoms with E-state index in [0.29, 0.717) is 18.2 Å². The van der Waals surface area contributed by atoms with E-state index in [2.05, 4.69) is 64.0 Å². The number of aromatic nitrogens is 4. The fourth-order valence-corrected chi connectivity index (χ4v) is 5.83. The minimum Gasteiger partial charge on any atom is -0.383 e. The Balaban J connectivity index is 1.28. The number of pyridine rings is 2. The molecule has 0 bridgehead atoms. The van der Waals surface area contributed by atoms with Gasteiger partial charge in [0, 0.05) is 49.7 Å². The van der Waals surface area contributed by atoms with E-state index in [4.69, 9.17) is 15.7 Å². The zero-order valence-electron chi connectivity index (χ0n) is 24.1. The number of nitrogen functional groups attached to an aromatic ring is 1. The molecule has 1 saturated heterocycles. The summed E-state index contributed by atoms with van der Waals surface area (Å²) in [5.41, 5.74) is 12.7. The van der Waals surface area contributed by atoms with Gasteiger partial charge in [-0.05, 0) is 60.9 Å². The first-order valence-electron chi connectivity index (χ1n) is 14.6. The third-order valence-corrected chi connectivity index (χ3v) is 8.04. The Kier molecular flexibility index (Phi) is 8.11. The first-order valence-corrected chi connectivity index (χ1v) is 14.6. The highest BCUT2D eigenvalue weighted by molar-refractivity contribution is 5.87. The first-order chi connectivity index (χ1) is 21.1. The van der Waals surface area contributed by atoms with Crippen molar-refractivity contribution in [2.24, 2.45) is 0 Å². The lowest BCUT2D eigenvalue weighted by atomic mass is 10.0. The quantitative estimate of drug-likeness (QED) is 0.176. The van der Waals surface area contributed by atoms with Gasteiger partial charge in [0.15, 0.2) is 11.5 Å². The summed E-state index contributed by atoms with van der Waals surface area (Å²) < 4.78 is 2.06. The summed E-state index contributed by atoms with van der Waals surface area (Å²) in [6, 6.07) is 26.7. The van der Waals surface area contributed by atoms with Crippen molar-refractivity contribution in [3.63, 3.8) is 0 Å². The number of anilines is 1. The van der Waals surface area contributed by atoms with E-state index in [0.717, 1.165) is 66.1 Å². The SMILES string of the molecule is C=CCN(C(=O)C=C)C1CCN(Cc2ccc(-n3c(-c4cccnc4N)nc4ccc(-c5ccccc5)nc43)cc2)CC1. The fraction of sp³-hybridized carbons (Fsp3) is 0.200. The van der Waals surface area contributed by atoms with Gasteiger partial charge in [-0.3, -0.25) is 14.3 Å². The predicted octanol–water partition coefficient (Wildman–Crippen LogP) is 5.90. The van der Waals surface area contributed by atoms with Gasteiger partial charge >= 0.3 is 0 Å². The lowest BCUT2D eigenvalue weighted by Gasteiger charge is -2.37. The molecule has 216 valence electrons. The number of hydrogen-bond acceptors (Lipinski definition) is 6. The van der Waals surface area contributed by atoms with Crippen molar-refractivity contribution in [3.8, 4) is 28.3 Å². The number of benzene rings is 2. The van der Waals surface area contributed by atoms with Gasteiger partial charge in [-0.2, -0.15) is 0 Å². The van der Waals surface area contributed by atoms with Gasteiger partial charge in [-0.25, -0.2) is 15.0 Å². The highest BCUT2D eigenvalue weighted by Crippen LogP contribution is 2.32. The second kappa shape index (κ2) is 12.4. The number of hydrogen-bond donors (Lipinski definition) is 1. The number of carbonyl (C=O) groups excluding carboxylic acids is 1. The van der Waals surface area contributed by atoms with E-state index in [1.54, 1.807) is 12.3 Å². The van der Waals surface area contributed by atoms with E-state index in [-0.39, 0.29) is 11.9 Å². The van der Waals surface area contributed by atoms with Crippen LogP contribution in [0.1, 0.15) is 18.4 Å². The van der Waals surface area contributed by atoms with Crippen LogP contribution in [-0.2, 0) is 11.3 Å². The van der Waals surface area contributed by atoms with Crippen molar-refractivity contribution < 1.29 is 4.79 Å². The van der Waals surface area contributed by atoms with E-state index in [1.807, 2.05) is 47.4 Å². The van der Waals surface area contributed by atoms with Gasteiger partial charge in [0.1, 0.15) is 11.3 Å². The van der Waals surface area contributed by atoms with Crippen LogP contribution in [0, 0.1) is 0 Å². The third kappa shape index (κ3) is 5.82. The molecule has 4 heterocycles. The Bertz CT molecular complexity index is 1750. The van der Waals surface area contributed by atoms with Crippen LogP contribution in [0.3, 0.4) is 0 Å². The number of nitrogens with zero attached hydrogens (tertiary/aromatic N) is 6. The standard InChI is InChI=1S/C35H35N7O/c1-3-21-41(32(43)4-2)27-18-22-40(23-19-27)24-25-12-14-28(15-13-25)42-34(29-11-8-20-37-33(29)36)39-31-17-16-30(38-35(31)42)26-9-6-5-7-10-26/h3-17,20,27H,1-2,18-19,21-24H2,(H2,36,37). The van der Waals surface area contributed by atoms with Gasteiger partial charge < -0.3 is 10.6 Å². The fourth-order valence-electron chi connectivity index (χ4n) is 5.83. The van der Waals surface area contributed by atoms with Crippen LogP contribution in [0.5, 0.6) is 0 Å². The van der Waals surface area contributed by atoms with Gasteiger partial charge in [-0.1, -0.05) is 55.1 Å². The summed E-state index contributed by atoms with van der Waals surface area (Å²) in [4.78, 5) is 31.0. The molecule has 2 aromatic carbocycles. The molecule has 5 aromatic rings. The molecule has 6 rings (SSSR count). The summed E-state index contributed by atoms with van der Waals surface area (Å²) in [5.74, 6) is 1.09. The van der Waals surface area contributed by atoms with Crippen LogP contribution in [0.15, 0.2) is 110 Å². The largest absolute Gasteiger partial charge is 0.383 e. The maximum Gasteiger partial charge on any atom is 0.246 e. The number of piperidine rings is 1. The Morgan fingerprint density at radius 1 is 0.953 bits per heavy atom. The molecular formula is C35H35N7O. The molecule has 3 aromatic heterocycles. The highest BCUT2D eigenvalue weighted by Gasteiger charge is 2.26. The van der Waals surface area contributed by atoms with Gasteiger partial charge in [0.2, 0.25) is 5.91 Å². The average molecular weight is 570 g/mol. The molecule has 8 nitrogen and oxygen atoms in total. The second-order valence-corrected chi connectivity index (χ2v) is 10.8. The van der Waals surface area contributed by atoms with Gasteiger partial charge in [0.05, 0.1) is 11.3 Å². The van der Waals surface area contributed by atoms with E-state index in [1.165, 1.54) is 11.6 Å². The van der Waals surface area contributed by atoms with E-state index < -0.39 is 0 Å². The number of amides is 1. The molecule has 0 aliphatic carbocycles. The number of rotatable bonds is 9. The molecule has 2 N–H and O–H groups in total. The lowest BCUT2D eigenvalue weighted by molar-refractivity contribution is -0.128. The Morgan fingerprint density at radius 3 is 2.42 bits per heavy atom. The molecule has 1 aliphatic heterocycles. The zero-order chi connectivity index (χ0) is 29.8. The molecule has 8 heteroatoms. The molecular weight excluding hydrogens is 534 g/mol. The molecule has 1 aliphatic rings. The van der Waals surface area contributed by atoms with Crippen LogP contribution in [0.4, 0.5) is 5.82 Å². The minimum absolute atomic E-state index is 0.0289. The third-order valence-electron chi connectivity index (χ3n) is 8.04. The smallest absolute Gasteiger partial charge is 0.246 e. The highest BCUT2D eigenvalue weighted by atomic mass is 16.2. The van der Waals surface area contributed by atoms with Crippen LogP contribution < -0.4 is 5.73 Å².